The summed E-state index contributed by atoms with van der Waals surface area (Å²) in [7, 11) is 0. The second-order valence-corrected chi connectivity index (χ2v) is 5.14. The predicted octanol–water partition coefficient (Wildman–Crippen LogP) is 2.08. The van der Waals surface area contributed by atoms with E-state index in [4.69, 9.17) is 11.6 Å². The Balaban J connectivity index is 2.07. The van der Waals surface area contributed by atoms with Crippen LogP contribution in [0, 0.1) is 6.92 Å². The molecule has 1 saturated carbocycles. The van der Waals surface area contributed by atoms with Gasteiger partial charge in [0, 0.05) is 11.9 Å². The van der Waals surface area contributed by atoms with Crippen LogP contribution in [0.3, 0.4) is 0 Å². The molecule has 1 aromatic rings. The Morgan fingerprint density at radius 2 is 2.22 bits per heavy atom. The first kappa shape index (κ1) is 13.3. The van der Waals surface area contributed by atoms with Gasteiger partial charge in [-0.25, -0.2) is 0 Å². The van der Waals surface area contributed by atoms with Gasteiger partial charge in [0.25, 0.3) is 5.91 Å². The lowest BCUT2D eigenvalue weighted by Gasteiger charge is -2.28. The lowest BCUT2D eigenvalue weighted by Crippen LogP contribution is -2.45. The number of aliphatic hydroxyl groups excluding tert-OH is 1. The van der Waals surface area contributed by atoms with Crippen LogP contribution >= 0.6 is 11.6 Å². The molecule has 18 heavy (non-hydrogen) atoms. The van der Waals surface area contributed by atoms with Gasteiger partial charge in [0.05, 0.1) is 22.7 Å². The summed E-state index contributed by atoms with van der Waals surface area (Å²) in [6.45, 7) is 1.82. The molecule has 98 valence electrons. The van der Waals surface area contributed by atoms with Crippen LogP contribution in [0.25, 0.3) is 0 Å². The zero-order valence-electron chi connectivity index (χ0n) is 10.3. The van der Waals surface area contributed by atoms with Crippen molar-refractivity contribution in [3.05, 3.63) is 28.5 Å². The highest BCUT2D eigenvalue weighted by atomic mass is 35.5. The summed E-state index contributed by atoms with van der Waals surface area (Å²) in [5.74, 6) is -0.265. The van der Waals surface area contributed by atoms with Crippen molar-refractivity contribution in [2.45, 2.75) is 44.8 Å². The van der Waals surface area contributed by atoms with Crippen molar-refractivity contribution in [2.75, 3.05) is 0 Å². The normalized spacial score (nSPS) is 23.7. The van der Waals surface area contributed by atoms with Crippen LogP contribution in [0.15, 0.2) is 12.3 Å². The second kappa shape index (κ2) is 5.67. The third-order valence-corrected chi connectivity index (χ3v) is 3.59. The van der Waals surface area contributed by atoms with Crippen LogP contribution in [0.4, 0.5) is 0 Å². The number of nitrogens with zero attached hydrogens (tertiary/aromatic N) is 1. The molecule has 0 saturated heterocycles. The van der Waals surface area contributed by atoms with Gasteiger partial charge in [0.2, 0.25) is 0 Å². The Kier molecular flexibility index (Phi) is 4.19. The van der Waals surface area contributed by atoms with Gasteiger partial charge < -0.3 is 10.4 Å². The van der Waals surface area contributed by atoms with Gasteiger partial charge in [-0.05, 0) is 25.8 Å². The molecular weight excluding hydrogens is 252 g/mol. The number of rotatable bonds is 2. The quantitative estimate of drug-likeness (QED) is 0.863. The first-order chi connectivity index (χ1) is 8.58. The van der Waals surface area contributed by atoms with E-state index in [1.807, 2.05) is 6.92 Å². The Morgan fingerprint density at radius 3 is 2.89 bits per heavy atom. The molecule has 2 atom stereocenters. The van der Waals surface area contributed by atoms with Crippen LogP contribution in [0.5, 0.6) is 0 Å². The van der Waals surface area contributed by atoms with E-state index >= 15 is 0 Å². The first-order valence-corrected chi connectivity index (χ1v) is 6.57. The molecular formula is C13H17ClN2O2. The van der Waals surface area contributed by atoms with Gasteiger partial charge >= 0.3 is 0 Å². The molecule has 1 aromatic heterocycles. The number of hydrogen-bond donors (Lipinski definition) is 2. The van der Waals surface area contributed by atoms with Gasteiger partial charge in [0.1, 0.15) is 0 Å². The van der Waals surface area contributed by atoms with E-state index in [0.717, 1.165) is 31.4 Å². The van der Waals surface area contributed by atoms with E-state index in [1.165, 1.54) is 6.20 Å². The molecule has 4 nitrogen and oxygen atoms in total. The van der Waals surface area contributed by atoms with E-state index in [1.54, 1.807) is 6.07 Å². The van der Waals surface area contributed by atoms with Gasteiger partial charge in [-0.2, -0.15) is 0 Å². The molecule has 2 rings (SSSR count). The lowest BCUT2D eigenvalue weighted by atomic mass is 9.92. The number of halogens is 1. The number of pyridine rings is 1. The van der Waals surface area contributed by atoms with Crippen LogP contribution in [0.1, 0.15) is 41.7 Å². The molecule has 2 unspecified atom stereocenters. The minimum Gasteiger partial charge on any atom is -0.391 e. The van der Waals surface area contributed by atoms with Crippen LogP contribution in [-0.2, 0) is 0 Å². The number of aryl methyl sites for hydroxylation is 1. The van der Waals surface area contributed by atoms with Crippen molar-refractivity contribution in [2.24, 2.45) is 0 Å². The largest absolute Gasteiger partial charge is 0.391 e. The summed E-state index contributed by atoms with van der Waals surface area (Å²) >= 11 is 6.02. The molecule has 1 heterocycles. The minimum absolute atomic E-state index is 0.177. The Morgan fingerprint density at radius 1 is 1.50 bits per heavy atom. The molecule has 1 aliphatic rings. The number of carbonyl (C=O) groups excluding carboxylic acids is 1. The van der Waals surface area contributed by atoms with E-state index in [0.29, 0.717) is 10.6 Å². The maximum atomic E-state index is 12.0. The average Bonchev–Trinajstić information content (AvgIpc) is 2.32. The number of amides is 1. The van der Waals surface area contributed by atoms with Gasteiger partial charge in [-0.1, -0.05) is 24.4 Å². The molecule has 2 N–H and O–H groups in total. The van der Waals surface area contributed by atoms with E-state index in [-0.39, 0.29) is 11.9 Å². The Labute approximate surface area is 111 Å². The van der Waals surface area contributed by atoms with Crippen molar-refractivity contribution >= 4 is 17.5 Å². The molecule has 1 aliphatic carbocycles. The maximum absolute atomic E-state index is 12.0. The Bertz CT molecular complexity index is 451. The summed E-state index contributed by atoms with van der Waals surface area (Å²) in [6, 6.07) is 1.48. The number of hydrogen-bond acceptors (Lipinski definition) is 3. The number of aromatic nitrogens is 1. The fourth-order valence-electron chi connectivity index (χ4n) is 2.22. The van der Waals surface area contributed by atoms with Gasteiger partial charge in [-0.3, -0.25) is 9.78 Å². The molecule has 0 aliphatic heterocycles. The zero-order valence-corrected chi connectivity index (χ0v) is 11.1. The number of nitrogens with one attached hydrogen (secondary N) is 1. The van der Waals surface area contributed by atoms with Crippen molar-refractivity contribution in [3.8, 4) is 0 Å². The van der Waals surface area contributed by atoms with Gasteiger partial charge in [-0.15, -0.1) is 0 Å². The highest BCUT2D eigenvalue weighted by Crippen LogP contribution is 2.20. The molecule has 0 aromatic carbocycles. The molecule has 1 amide bonds. The fourth-order valence-corrected chi connectivity index (χ4v) is 2.51. The van der Waals surface area contributed by atoms with Crippen LogP contribution < -0.4 is 5.32 Å². The number of carbonyl (C=O) groups is 1. The fraction of sp³-hybridized carbons (Fsp3) is 0.538. The van der Waals surface area contributed by atoms with Crippen molar-refractivity contribution in [3.63, 3.8) is 0 Å². The monoisotopic (exact) mass is 268 g/mol. The molecule has 0 bridgehead atoms. The molecule has 5 heteroatoms. The van der Waals surface area contributed by atoms with Gasteiger partial charge in [0.15, 0.2) is 0 Å². The third-order valence-electron chi connectivity index (χ3n) is 3.28. The minimum atomic E-state index is -0.458. The average molecular weight is 269 g/mol. The summed E-state index contributed by atoms with van der Waals surface area (Å²) in [5.41, 5.74) is 1.13. The van der Waals surface area contributed by atoms with Crippen molar-refractivity contribution in [1.82, 2.24) is 10.3 Å². The first-order valence-electron chi connectivity index (χ1n) is 6.19. The SMILES string of the molecule is Cc1cc(Cl)c(C(=O)NC2CCCCC2O)cn1. The molecule has 1 fully saturated rings. The Hall–Kier alpha value is -1.13. The summed E-state index contributed by atoms with van der Waals surface area (Å²) in [4.78, 5) is 16.1. The van der Waals surface area contributed by atoms with E-state index < -0.39 is 6.10 Å². The van der Waals surface area contributed by atoms with E-state index in [9.17, 15) is 9.90 Å². The lowest BCUT2D eigenvalue weighted by molar-refractivity contribution is 0.0717. The second-order valence-electron chi connectivity index (χ2n) is 4.74. The third kappa shape index (κ3) is 3.00. The zero-order chi connectivity index (χ0) is 13.1. The van der Waals surface area contributed by atoms with Crippen molar-refractivity contribution in [1.29, 1.82) is 0 Å². The predicted molar refractivity (Wildman–Crippen MR) is 69.7 cm³/mol. The van der Waals surface area contributed by atoms with Crippen LogP contribution in [-0.4, -0.2) is 28.1 Å². The van der Waals surface area contributed by atoms with E-state index in [2.05, 4.69) is 10.3 Å². The topological polar surface area (TPSA) is 62.2 Å². The molecule has 0 radical (unpaired) electrons. The highest BCUT2D eigenvalue weighted by Gasteiger charge is 2.25. The molecule has 0 spiro atoms. The summed E-state index contributed by atoms with van der Waals surface area (Å²) < 4.78 is 0. The van der Waals surface area contributed by atoms with Crippen LogP contribution in [0.2, 0.25) is 5.02 Å². The smallest absolute Gasteiger partial charge is 0.254 e. The number of aliphatic hydroxyl groups is 1. The standard InChI is InChI=1S/C13H17ClN2O2/c1-8-6-10(14)9(7-15-8)13(18)16-11-4-2-3-5-12(11)17/h6-7,11-12,17H,2-5H2,1H3,(H,16,18). The summed E-state index contributed by atoms with van der Waals surface area (Å²) in [5, 5.41) is 13.0. The van der Waals surface area contributed by atoms with Crippen molar-refractivity contribution < 1.29 is 9.90 Å². The summed E-state index contributed by atoms with van der Waals surface area (Å²) in [6.07, 6.45) is 4.61. The highest BCUT2D eigenvalue weighted by molar-refractivity contribution is 6.33. The maximum Gasteiger partial charge on any atom is 0.254 e.